The van der Waals surface area contributed by atoms with E-state index in [9.17, 15) is 0 Å². The molecule has 0 amide bonds. The standard InChI is InChI=1S/C14H18N2O/c1-9-5-6-14(15-8-9)16-11(3)13-7-10(2)17-12(13)4/h5-8,11H,1-4H3,(H,15,16). The fourth-order valence-electron chi connectivity index (χ4n) is 1.93. The predicted octanol–water partition coefficient (Wildman–Crippen LogP) is 3.77. The third-order valence-electron chi connectivity index (χ3n) is 2.82. The monoisotopic (exact) mass is 230 g/mol. The zero-order chi connectivity index (χ0) is 12.4. The van der Waals surface area contributed by atoms with E-state index in [-0.39, 0.29) is 6.04 Å². The van der Waals surface area contributed by atoms with Gasteiger partial charge in [-0.2, -0.15) is 0 Å². The molecule has 0 saturated carbocycles. The van der Waals surface area contributed by atoms with E-state index in [1.807, 2.05) is 33.0 Å². The topological polar surface area (TPSA) is 38.1 Å². The fourth-order valence-corrected chi connectivity index (χ4v) is 1.93. The van der Waals surface area contributed by atoms with E-state index < -0.39 is 0 Å². The van der Waals surface area contributed by atoms with Gasteiger partial charge in [-0.15, -0.1) is 0 Å². The van der Waals surface area contributed by atoms with Crippen LogP contribution in [0.2, 0.25) is 0 Å². The number of hydrogen-bond donors (Lipinski definition) is 1. The molecule has 0 saturated heterocycles. The summed E-state index contributed by atoms with van der Waals surface area (Å²) in [6.07, 6.45) is 1.86. The molecule has 0 spiro atoms. The van der Waals surface area contributed by atoms with E-state index in [1.54, 1.807) is 0 Å². The molecule has 0 bridgehead atoms. The van der Waals surface area contributed by atoms with Crippen molar-refractivity contribution in [2.45, 2.75) is 33.7 Å². The van der Waals surface area contributed by atoms with E-state index in [0.717, 1.165) is 17.3 Å². The van der Waals surface area contributed by atoms with Crippen molar-refractivity contribution in [2.75, 3.05) is 5.32 Å². The number of nitrogens with one attached hydrogen (secondary N) is 1. The second-order valence-electron chi connectivity index (χ2n) is 4.46. The van der Waals surface area contributed by atoms with Gasteiger partial charge in [-0.25, -0.2) is 4.98 Å². The van der Waals surface area contributed by atoms with Gasteiger partial charge in [0.2, 0.25) is 0 Å². The molecule has 2 aromatic heterocycles. The SMILES string of the molecule is Cc1ccc(NC(C)c2cc(C)oc2C)nc1. The fraction of sp³-hybridized carbons (Fsp3) is 0.357. The number of pyridine rings is 1. The highest BCUT2D eigenvalue weighted by Crippen LogP contribution is 2.24. The Morgan fingerprint density at radius 1 is 1.24 bits per heavy atom. The maximum Gasteiger partial charge on any atom is 0.126 e. The lowest BCUT2D eigenvalue weighted by Gasteiger charge is -2.13. The van der Waals surface area contributed by atoms with Crippen LogP contribution in [0.3, 0.4) is 0 Å². The van der Waals surface area contributed by atoms with E-state index in [1.165, 1.54) is 11.1 Å². The van der Waals surface area contributed by atoms with Crippen LogP contribution < -0.4 is 5.32 Å². The molecule has 0 fully saturated rings. The zero-order valence-electron chi connectivity index (χ0n) is 10.7. The summed E-state index contributed by atoms with van der Waals surface area (Å²) in [4.78, 5) is 4.34. The molecule has 90 valence electrons. The van der Waals surface area contributed by atoms with Gasteiger partial charge in [-0.1, -0.05) is 6.07 Å². The molecule has 2 rings (SSSR count). The first kappa shape index (κ1) is 11.7. The van der Waals surface area contributed by atoms with E-state index in [0.29, 0.717) is 0 Å². The van der Waals surface area contributed by atoms with Gasteiger partial charge in [-0.3, -0.25) is 0 Å². The molecular formula is C14H18N2O. The maximum atomic E-state index is 5.53. The molecule has 3 heteroatoms. The van der Waals surface area contributed by atoms with Crippen LogP contribution >= 0.6 is 0 Å². The van der Waals surface area contributed by atoms with Crippen molar-refractivity contribution < 1.29 is 4.42 Å². The average molecular weight is 230 g/mol. The van der Waals surface area contributed by atoms with Gasteiger partial charge < -0.3 is 9.73 Å². The van der Waals surface area contributed by atoms with Crippen molar-refractivity contribution in [2.24, 2.45) is 0 Å². The van der Waals surface area contributed by atoms with Gasteiger partial charge in [0.15, 0.2) is 0 Å². The summed E-state index contributed by atoms with van der Waals surface area (Å²) < 4.78 is 5.53. The molecule has 1 unspecified atom stereocenters. The third-order valence-corrected chi connectivity index (χ3v) is 2.82. The molecule has 2 aromatic rings. The van der Waals surface area contributed by atoms with Crippen LogP contribution in [0.1, 0.15) is 35.6 Å². The number of aromatic nitrogens is 1. The Bertz CT molecular complexity index is 499. The molecule has 0 aromatic carbocycles. The summed E-state index contributed by atoms with van der Waals surface area (Å²) in [5, 5.41) is 3.37. The molecule has 0 aliphatic heterocycles. The summed E-state index contributed by atoms with van der Waals surface area (Å²) in [6, 6.07) is 6.31. The van der Waals surface area contributed by atoms with E-state index in [2.05, 4.69) is 29.4 Å². The Hall–Kier alpha value is -1.77. The second kappa shape index (κ2) is 4.62. The Labute approximate surface area is 102 Å². The van der Waals surface area contributed by atoms with Gasteiger partial charge in [0.1, 0.15) is 17.3 Å². The third kappa shape index (κ3) is 2.67. The number of rotatable bonds is 3. The van der Waals surface area contributed by atoms with Crippen molar-refractivity contribution in [3.05, 3.63) is 47.0 Å². The lowest BCUT2D eigenvalue weighted by Crippen LogP contribution is -2.07. The van der Waals surface area contributed by atoms with Gasteiger partial charge in [-0.05, 0) is 45.4 Å². The Kier molecular flexibility index (Phi) is 3.18. The van der Waals surface area contributed by atoms with Crippen molar-refractivity contribution in [1.29, 1.82) is 0 Å². The Morgan fingerprint density at radius 2 is 2.00 bits per heavy atom. The van der Waals surface area contributed by atoms with Gasteiger partial charge in [0, 0.05) is 11.8 Å². The molecule has 0 aliphatic carbocycles. The van der Waals surface area contributed by atoms with Crippen molar-refractivity contribution in [1.82, 2.24) is 4.98 Å². The molecule has 17 heavy (non-hydrogen) atoms. The minimum atomic E-state index is 0.197. The number of anilines is 1. The summed E-state index contributed by atoms with van der Waals surface area (Å²) in [5.41, 5.74) is 2.35. The van der Waals surface area contributed by atoms with Crippen molar-refractivity contribution in [3.63, 3.8) is 0 Å². The van der Waals surface area contributed by atoms with Crippen LogP contribution in [0.4, 0.5) is 5.82 Å². The van der Waals surface area contributed by atoms with Crippen LogP contribution in [0.15, 0.2) is 28.8 Å². The summed E-state index contributed by atoms with van der Waals surface area (Å²) >= 11 is 0. The summed E-state index contributed by atoms with van der Waals surface area (Å²) in [7, 11) is 0. The van der Waals surface area contributed by atoms with Crippen LogP contribution in [0.25, 0.3) is 0 Å². The molecule has 1 atom stereocenters. The minimum Gasteiger partial charge on any atom is -0.466 e. The number of nitrogens with zero attached hydrogens (tertiary/aromatic N) is 1. The number of aryl methyl sites for hydroxylation is 3. The van der Waals surface area contributed by atoms with Crippen LogP contribution in [-0.4, -0.2) is 4.98 Å². The van der Waals surface area contributed by atoms with Crippen LogP contribution in [-0.2, 0) is 0 Å². The summed E-state index contributed by atoms with van der Waals surface area (Å²) in [5.74, 6) is 2.80. The normalized spacial score (nSPS) is 12.5. The quantitative estimate of drug-likeness (QED) is 0.872. The number of hydrogen-bond acceptors (Lipinski definition) is 3. The second-order valence-corrected chi connectivity index (χ2v) is 4.46. The molecule has 1 N–H and O–H groups in total. The average Bonchev–Trinajstić information content (AvgIpc) is 2.61. The lowest BCUT2D eigenvalue weighted by atomic mass is 10.1. The molecule has 0 aliphatic rings. The van der Waals surface area contributed by atoms with E-state index >= 15 is 0 Å². The Morgan fingerprint density at radius 3 is 2.53 bits per heavy atom. The largest absolute Gasteiger partial charge is 0.466 e. The number of furan rings is 1. The highest BCUT2D eigenvalue weighted by molar-refractivity contribution is 5.39. The van der Waals surface area contributed by atoms with Crippen LogP contribution in [0.5, 0.6) is 0 Å². The first-order valence-corrected chi connectivity index (χ1v) is 5.82. The molecular weight excluding hydrogens is 212 g/mol. The minimum absolute atomic E-state index is 0.197. The zero-order valence-corrected chi connectivity index (χ0v) is 10.7. The van der Waals surface area contributed by atoms with Gasteiger partial charge in [0.25, 0.3) is 0 Å². The van der Waals surface area contributed by atoms with Crippen LogP contribution in [0, 0.1) is 20.8 Å². The maximum absolute atomic E-state index is 5.53. The molecule has 2 heterocycles. The van der Waals surface area contributed by atoms with Crippen molar-refractivity contribution >= 4 is 5.82 Å². The highest BCUT2D eigenvalue weighted by atomic mass is 16.3. The first-order valence-electron chi connectivity index (χ1n) is 5.82. The lowest BCUT2D eigenvalue weighted by molar-refractivity contribution is 0.500. The smallest absolute Gasteiger partial charge is 0.126 e. The highest BCUT2D eigenvalue weighted by Gasteiger charge is 2.12. The summed E-state index contributed by atoms with van der Waals surface area (Å²) in [6.45, 7) is 8.10. The van der Waals surface area contributed by atoms with Gasteiger partial charge >= 0.3 is 0 Å². The van der Waals surface area contributed by atoms with E-state index in [4.69, 9.17) is 4.42 Å². The van der Waals surface area contributed by atoms with Gasteiger partial charge in [0.05, 0.1) is 6.04 Å². The Balaban J connectivity index is 2.14. The van der Waals surface area contributed by atoms with Crippen molar-refractivity contribution in [3.8, 4) is 0 Å². The molecule has 3 nitrogen and oxygen atoms in total. The molecule has 0 radical (unpaired) electrons. The predicted molar refractivity (Wildman–Crippen MR) is 69.2 cm³/mol. The first-order chi connectivity index (χ1) is 8.06.